The standard InChI is InChI=1S/C13H20N2OS/c1-10(2)17-9-5-8-13(16)15-12-7-4-3-6-11(12)14/h3-4,6-7,10H,5,8-9,14H2,1-2H3,(H,15,16). The molecule has 0 aliphatic carbocycles. The van der Waals surface area contributed by atoms with Gasteiger partial charge in [-0.05, 0) is 29.6 Å². The van der Waals surface area contributed by atoms with Crippen LogP contribution in [-0.4, -0.2) is 16.9 Å². The molecule has 0 aliphatic rings. The van der Waals surface area contributed by atoms with Crippen LogP contribution in [0.15, 0.2) is 24.3 Å². The van der Waals surface area contributed by atoms with Gasteiger partial charge in [-0.15, -0.1) is 0 Å². The van der Waals surface area contributed by atoms with Crippen LogP contribution < -0.4 is 11.1 Å². The molecule has 0 unspecified atom stereocenters. The summed E-state index contributed by atoms with van der Waals surface area (Å²) >= 11 is 1.88. The lowest BCUT2D eigenvalue weighted by Crippen LogP contribution is -2.12. The summed E-state index contributed by atoms with van der Waals surface area (Å²) in [4.78, 5) is 11.6. The van der Waals surface area contributed by atoms with Gasteiger partial charge in [0.1, 0.15) is 0 Å². The molecule has 1 amide bonds. The monoisotopic (exact) mass is 252 g/mol. The number of carbonyl (C=O) groups is 1. The molecular weight excluding hydrogens is 232 g/mol. The van der Waals surface area contributed by atoms with Gasteiger partial charge in [0.05, 0.1) is 11.4 Å². The van der Waals surface area contributed by atoms with Gasteiger partial charge in [0, 0.05) is 6.42 Å². The average molecular weight is 252 g/mol. The summed E-state index contributed by atoms with van der Waals surface area (Å²) in [6, 6.07) is 7.31. The van der Waals surface area contributed by atoms with Gasteiger partial charge < -0.3 is 11.1 Å². The van der Waals surface area contributed by atoms with Crippen molar-refractivity contribution in [3.8, 4) is 0 Å². The summed E-state index contributed by atoms with van der Waals surface area (Å²) < 4.78 is 0. The van der Waals surface area contributed by atoms with E-state index in [9.17, 15) is 4.79 Å². The highest BCUT2D eigenvalue weighted by Crippen LogP contribution is 2.17. The number of rotatable bonds is 6. The Morgan fingerprint density at radius 2 is 2.12 bits per heavy atom. The second-order valence-corrected chi connectivity index (χ2v) is 5.84. The second kappa shape index (κ2) is 7.22. The number of thioether (sulfide) groups is 1. The third-order valence-corrected chi connectivity index (χ3v) is 3.43. The SMILES string of the molecule is CC(C)SCCCC(=O)Nc1ccccc1N. The van der Waals surface area contributed by atoms with Crippen LogP contribution in [0.5, 0.6) is 0 Å². The first kappa shape index (κ1) is 13.9. The number of benzene rings is 1. The Labute approximate surface area is 107 Å². The van der Waals surface area contributed by atoms with Crippen molar-refractivity contribution in [2.75, 3.05) is 16.8 Å². The van der Waals surface area contributed by atoms with Crippen LogP contribution in [-0.2, 0) is 4.79 Å². The molecule has 1 aromatic carbocycles. The molecule has 0 heterocycles. The molecule has 0 bridgehead atoms. The fraction of sp³-hybridized carbons (Fsp3) is 0.462. The van der Waals surface area contributed by atoms with Crippen molar-refractivity contribution in [1.29, 1.82) is 0 Å². The molecule has 0 aromatic heterocycles. The Balaban J connectivity index is 2.28. The lowest BCUT2D eigenvalue weighted by atomic mass is 10.2. The molecule has 1 rings (SSSR count). The van der Waals surface area contributed by atoms with Crippen LogP contribution in [0.1, 0.15) is 26.7 Å². The highest BCUT2D eigenvalue weighted by atomic mass is 32.2. The van der Waals surface area contributed by atoms with Crippen LogP contribution in [0, 0.1) is 0 Å². The van der Waals surface area contributed by atoms with Crippen molar-refractivity contribution in [3.63, 3.8) is 0 Å². The van der Waals surface area contributed by atoms with Gasteiger partial charge in [0.2, 0.25) is 5.91 Å². The van der Waals surface area contributed by atoms with E-state index in [-0.39, 0.29) is 5.91 Å². The summed E-state index contributed by atoms with van der Waals surface area (Å²) in [6.45, 7) is 4.32. The number of para-hydroxylation sites is 2. The van der Waals surface area contributed by atoms with Crippen LogP contribution in [0.25, 0.3) is 0 Å². The van der Waals surface area contributed by atoms with Crippen molar-refractivity contribution in [1.82, 2.24) is 0 Å². The smallest absolute Gasteiger partial charge is 0.224 e. The van der Waals surface area contributed by atoms with Crippen molar-refractivity contribution < 1.29 is 4.79 Å². The maximum atomic E-state index is 11.6. The zero-order valence-corrected chi connectivity index (χ0v) is 11.2. The van der Waals surface area contributed by atoms with E-state index in [0.717, 1.165) is 12.2 Å². The lowest BCUT2D eigenvalue weighted by Gasteiger charge is -2.08. The minimum Gasteiger partial charge on any atom is -0.397 e. The minimum absolute atomic E-state index is 0.0345. The number of hydrogen-bond acceptors (Lipinski definition) is 3. The van der Waals surface area contributed by atoms with Gasteiger partial charge >= 0.3 is 0 Å². The quantitative estimate of drug-likeness (QED) is 0.604. The highest BCUT2D eigenvalue weighted by Gasteiger charge is 2.04. The summed E-state index contributed by atoms with van der Waals surface area (Å²) in [6.07, 6.45) is 1.45. The summed E-state index contributed by atoms with van der Waals surface area (Å²) in [5.41, 5.74) is 7.06. The van der Waals surface area contributed by atoms with Gasteiger partial charge in [-0.3, -0.25) is 4.79 Å². The molecule has 0 atom stereocenters. The molecule has 17 heavy (non-hydrogen) atoms. The third-order valence-electron chi connectivity index (χ3n) is 2.23. The van der Waals surface area contributed by atoms with Crippen molar-refractivity contribution in [2.24, 2.45) is 0 Å². The topological polar surface area (TPSA) is 55.1 Å². The van der Waals surface area contributed by atoms with Gasteiger partial charge in [-0.25, -0.2) is 0 Å². The number of anilines is 2. The fourth-order valence-electron chi connectivity index (χ4n) is 1.38. The van der Waals surface area contributed by atoms with Gasteiger partial charge in [-0.1, -0.05) is 26.0 Å². The van der Waals surface area contributed by atoms with Gasteiger partial charge in [0.25, 0.3) is 0 Å². The van der Waals surface area contributed by atoms with Gasteiger partial charge in [0.15, 0.2) is 0 Å². The Morgan fingerprint density at radius 1 is 1.41 bits per heavy atom. The van der Waals surface area contributed by atoms with Crippen LogP contribution in [0.2, 0.25) is 0 Å². The number of carbonyl (C=O) groups excluding carboxylic acids is 1. The number of hydrogen-bond donors (Lipinski definition) is 2. The molecule has 0 spiro atoms. The predicted molar refractivity (Wildman–Crippen MR) is 76.3 cm³/mol. The molecule has 3 nitrogen and oxygen atoms in total. The van der Waals surface area contributed by atoms with E-state index in [1.165, 1.54) is 0 Å². The molecule has 1 aromatic rings. The maximum absolute atomic E-state index is 11.6. The van der Waals surface area contributed by atoms with Crippen molar-refractivity contribution in [2.45, 2.75) is 31.9 Å². The van der Waals surface area contributed by atoms with E-state index in [1.54, 1.807) is 6.07 Å². The van der Waals surface area contributed by atoms with E-state index in [2.05, 4.69) is 19.2 Å². The fourth-order valence-corrected chi connectivity index (χ4v) is 2.16. The predicted octanol–water partition coefficient (Wildman–Crippen LogP) is 3.13. The van der Waals surface area contributed by atoms with E-state index in [0.29, 0.717) is 23.0 Å². The van der Waals surface area contributed by atoms with E-state index in [1.807, 2.05) is 30.0 Å². The van der Waals surface area contributed by atoms with Crippen molar-refractivity contribution >= 4 is 29.0 Å². The molecule has 4 heteroatoms. The molecule has 0 saturated heterocycles. The molecule has 0 aliphatic heterocycles. The zero-order valence-electron chi connectivity index (χ0n) is 10.4. The first-order valence-corrected chi connectivity index (χ1v) is 6.90. The highest BCUT2D eigenvalue weighted by molar-refractivity contribution is 7.99. The summed E-state index contributed by atoms with van der Waals surface area (Å²) in [7, 11) is 0. The van der Waals surface area contributed by atoms with E-state index in [4.69, 9.17) is 5.73 Å². The summed E-state index contributed by atoms with van der Waals surface area (Å²) in [5, 5.41) is 3.45. The third kappa shape index (κ3) is 5.63. The molecule has 0 radical (unpaired) electrons. The molecule has 94 valence electrons. The number of amides is 1. The largest absolute Gasteiger partial charge is 0.397 e. The molecular formula is C13H20N2OS. The van der Waals surface area contributed by atoms with Crippen LogP contribution in [0.4, 0.5) is 11.4 Å². The van der Waals surface area contributed by atoms with Crippen LogP contribution in [0.3, 0.4) is 0 Å². The van der Waals surface area contributed by atoms with E-state index >= 15 is 0 Å². The zero-order chi connectivity index (χ0) is 12.7. The number of nitrogen functional groups attached to an aromatic ring is 1. The Hall–Kier alpha value is -1.16. The van der Waals surface area contributed by atoms with E-state index < -0.39 is 0 Å². The lowest BCUT2D eigenvalue weighted by molar-refractivity contribution is -0.116. The maximum Gasteiger partial charge on any atom is 0.224 e. The Morgan fingerprint density at radius 3 is 2.76 bits per heavy atom. The number of nitrogens with one attached hydrogen (secondary N) is 1. The number of nitrogens with two attached hydrogens (primary N) is 1. The molecule has 0 fully saturated rings. The first-order valence-electron chi connectivity index (χ1n) is 5.85. The van der Waals surface area contributed by atoms with Gasteiger partial charge in [-0.2, -0.15) is 11.8 Å². The Kier molecular flexibility index (Phi) is 5.91. The van der Waals surface area contributed by atoms with Crippen molar-refractivity contribution in [3.05, 3.63) is 24.3 Å². The molecule has 0 saturated carbocycles. The Bertz CT molecular complexity index is 366. The molecule has 3 N–H and O–H groups in total. The van der Waals surface area contributed by atoms with Crippen LogP contribution >= 0.6 is 11.8 Å². The minimum atomic E-state index is 0.0345. The second-order valence-electron chi connectivity index (χ2n) is 4.16. The summed E-state index contributed by atoms with van der Waals surface area (Å²) in [5.74, 6) is 1.06. The average Bonchev–Trinajstić information content (AvgIpc) is 2.27. The first-order chi connectivity index (χ1) is 8.09. The normalized spacial score (nSPS) is 10.5.